The number of amides is 2. The first-order valence-electron chi connectivity index (χ1n) is 13.0. The molecule has 2 aromatic heterocycles. The van der Waals surface area contributed by atoms with Gasteiger partial charge in [0.2, 0.25) is 5.95 Å². The number of urea groups is 1. The van der Waals surface area contributed by atoms with Crippen molar-refractivity contribution in [1.82, 2.24) is 24.4 Å². The first-order chi connectivity index (χ1) is 18.0. The number of carbonyl (C=O) groups excluding carboxylic acids is 1. The fourth-order valence-electron chi connectivity index (χ4n) is 3.51. The van der Waals surface area contributed by atoms with Crippen molar-refractivity contribution in [2.75, 3.05) is 23.7 Å². The summed E-state index contributed by atoms with van der Waals surface area (Å²) in [6.45, 7) is -0.380. The van der Waals surface area contributed by atoms with Crippen LogP contribution in [0.2, 0.25) is 0 Å². The lowest BCUT2D eigenvalue weighted by Crippen LogP contribution is -2.38. The van der Waals surface area contributed by atoms with Crippen LogP contribution in [0.3, 0.4) is 0 Å². The van der Waals surface area contributed by atoms with Gasteiger partial charge < -0.3 is 14.8 Å². The molecule has 180 valence electrons. The zero-order valence-electron chi connectivity index (χ0n) is 23.6. The Morgan fingerprint density at radius 1 is 1.18 bits per heavy atom. The second-order valence-electron chi connectivity index (χ2n) is 8.16. The molecule has 1 saturated heterocycles. The minimum absolute atomic E-state index is 0.0225. The molecule has 4 rings (SSSR count). The second kappa shape index (κ2) is 8.96. The second-order valence-corrected chi connectivity index (χ2v) is 8.16. The Hall–Kier alpha value is -3.63. The molecule has 34 heavy (non-hydrogen) atoms. The van der Waals surface area contributed by atoms with Crippen LogP contribution in [-0.2, 0) is 6.18 Å². The van der Waals surface area contributed by atoms with Gasteiger partial charge in [-0.05, 0) is 43.2 Å². The number of likely N-dealkylation sites (N-methyl/N-ethyl adjacent to an activating group) is 1. The van der Waals surface area contributed by atoms with Gasteiger partial charge >= 0.3 is 12.2 Å². The average molecular weight is 479 g/mol. The molecule has 1 aliphatic heterocycles. The Kier molecular flexibility index (Phi) is 4.69. The van der Waals surface area contributed by atoms with Crippen molar-refractivity contribution >= 4 is 17.8 Å². The van der Waals surface area contributed by atoms with Crippen LogP contribution >= 0.6 is 0 Å². The third-order valence-corrected chi connectivity index (χ3v) is 5.34. The van der Waals surface area contributed by atoms with Crippen LogP contribution in [-0.4, -0.2) is 50.0 Å². The van der Waals surface area contributed by atoms with Crippen molar-refractivity contribution in [1.29, 1.82) is 0 Å². The maximum Gasteiger partial charge on any atom is 0.416 e. The lowest BCUT2D eigenvalue weighted by molar-refractivity contribution is -0.137. The normalized spacial score (nSPS) is 21.6. The molecule has 0 bridgehead atoms. The van der Waals surface area contributed by atoms with E-state index in [0.717, 1.165) is 17.0 Å². The van der Waals surface area contributed by atoms with Crippen LogP contribution < -0.4 is 10.2 Å². The van der Waals surface area contributed by atoms with E-state index in [4.69, 9.17) is 6.85 Å². The van der Waals surface area contributed by atoms with Crippen molar-refractivity contribution in [2.45, 2.75) is 39.0 Å². The maximum absolute atomic E-state index is 13.1. The summed E-state index contributed by atoms with van der Waals surface area (Å²) in [7, 11) is 0. The topological polar surface area (TPSA) is 79.2 Å². The minimum atomic E-state index is -4.44. The number of rotatable bonds is 6. The number of aromatic nitrogens is 4. The summed E-state index contributed by atoms with van der Waals surface area (Å²) in [5.74, 6) is -0.350. The molecular formula is C23H26F3N7O. The summed E-state index contributed by atoms with van der Waals surface area (Å²) in [6.07, 6.45) is 0.00537. The van der Waals surface area contributed by atoms with Crippen LogP contribution in [0.4, 0.5) is 29.7 Å². The van der Waals surface area contributed by atoms with Crippen LogP contribution in [0, 0.1) is 5.92 Å². The van der Waals surface area contributed by atoms with Gasteiger partial charge in [-0.3, -0.25) is 4.90 Å². The number of imidazole rings is 1. The SMILES string of the molecule is [2H]C([2H])([2H])N1C(=O)N(c2ccnc(N[C@@H](C)c3cn(-c4ccc(C(F)(F)F)cc4)cn3)n2)[C@@H](C(C)C)C1([2H])[2H]. The molecule has 1 aromatic carbocycles. The van der Waals surface area contributed by atoms with E-state index in [1.807, 2.05) is 0 Å². The van der Waals surface area contributed by atoms with Crippen LogP contribution in [0.1, 0.15) is 44.9 Å². The highest BCUT2D eigenvalue weighted by Crippen LogP contribution is 2.30. The number of alkyl halides is 3. The van der Waals surface area contributed by atoms with E-state index in [2.05, 4.69) is 20.3 Å². The molecule has 2 amide bonds. The average Bonchev–Trinajstić information content (AvgIpc) is 3.39. The summed E-state index contributed by atoms with van der Waals surface area (Å²) >= 11 is 0. The van der Waals surface area contributed by atoms with E-state index >= 15 is 0 Å². The predicted molar refractivity (Wildman–Crippen MR) is 122 cm³/mol. The van der Waals surface area contributed by atoms with Crippen molar-refractivity contribution in [2.24, 2.45) is 5.92 Å². The smallest absolute Gasteiger partial charge is 0.346 e. The molecule has 2 atom stereocenters. The molecular weight excluding hydrogens is 447 g/mol. The van der Waals surface area contributed by atoms with Gasteiger partial charge in [-0.15, -0.1) is 0 Å². The maximum atomic E-state index is 13.1. The van der Waals surface area contributed by atoms with Crippen molar-refractivity contribution < 1.29 is 24.8 Å². The molecule has 1 fully saturated rings. The molecule has 3 aromatic rings. The van der Waals surface area contributed by atoms with Crippen LogP contribution in [0.5, 0.6) is 0 Å². The zero-order valence-corrected chi connectivity index (χ0v) is 18.6. The van der Waals surface area contributed by atoms with Gasteiger partial charge in [-0.25, -0.2) is 14.8 Å². The summed E-state index contributed by atoms with van der Waals surface area (Å²) in [6, 6.07) is 3.37. The molecule has 0 radical (unpaired) electrons. The summed E-state index contributed by atoms with van der Waals surface area (Å²) < 4.78 is 80.1. The zero-order chi connectivity index (χ0) is 28.9. The van der Waals surface area contributed by atoms with Gasteiger partial charge in [0.1, 0.15) is 5.82 Å². The number of anilines is 2. The van der Waals surface area contributed by atoms with Gasteiger partial charge in [-0.1, -0.05) is 13.8 Å². The Bertz CT molecular complexity index is 1340. The van der Waals surface area contributed by atoms with E-state index < -0.39 is 49.2 Å². The summed E-state index contributed by atoms with van der Waals surface area (Å²) in [4.78, 5) is 27.2. The van der Waals surface area contributed by atoms with Crippen molar-refractivity contribution in [3.8, 4) is 5.69 Å². The molecule has 3 heterocycles. The van der Waals surface area contributed by atoms with Crippen molar-refractivity contribution in [3.05, 3.63) is 60.3 Å². The Balaban J connectivity index is 1.56. The van der Waals surface area contributed by atoms with Gasteiger partial charge in [0.15, 0.2) is 0 Å². The fraction of sp³-hybridized carbons (Fsp3) is 0.391. The highest BCUT2D eigenvalue weighted by Gasteiger charge is 2.38. The molecule has 8 nitrogen and oxygen atoms in total. The third kappa shape index (κ3) is 4.68. The Labute approximate surface area is 202 Å². The van der Waals surface area contributed by atoms with Gasteiger partial charge in [0.05, 0.1) is 32.4 Å². The predicted octanol–water partition coefficient (Wildman–Crippen LogP) is 4.75. The Morgan fingerprint density at radius 2 is 1.91 bits per heavy atom. The van der Waals surface area contributed by atoms with E-state index in [9.17, 15) is 18.0 Å². The molecule has 1 aliphatic rings. The van der Waals surface area contributed by atoms with E-state index in [0.29, 0.717) is 11.4 Å². The number of nitrogens with zero attached hydrogens (tertiary/aromatic N) is 6. The number of nitrogens with one attached hydrogen (secondary N) is 1. The highest BCUT2D eigenvalue weighted by molar-refractivity contribution is 5.94. The van der Waals surface area contributed by atoms with Gasteiger partial charge in [0.25, 0.3) is 0 Å². The van der Waals surface area contributed by atoms with Crippen LogP contribution in [0.15, 0.2) is 49.1 Å². The molecule has 0 unspecified atom stereocenters. The molecule has 0 spiro atoms. The van der Waals surface area contributed by atoms with E-state index in [-0.39, 0.29) is 16.7 Å². The van der Waals surface area contributed by atoms with Gasteiger partial charge in [0, 0.05) is 35.7 Å². The first-order valence-corrected chi connectivity index (χ1v) is 10.5. The molecule has 1 N–H and O–H groups in total. The summed E-state index contributed by atoms with van der Waals surface area (Å²) in [5, 5.41) is 3.03. The number of halogens is 3. The number of carbonyl (C=O) groups is 1. The lowest BCUT2D eigenvalue weighted by Gasteiger charge is -2.25. The number of hydrogen-bond acceptors (Lipinski definition) is 5. The van der Waals surface area contributed by atoms with E-state index in [1.54, 1.807) is 31.5 Å². The van der Waals surface area contributed by atoms with Gasteiger partial charge in [-0.2, -0.15) is 18.2 Å². The summed E-state index contributed by atoms with van der Waals surface area (Å²) in [5.41, 5.74) is 0.239. The quantitative estimate of drug-likeness (QED) is 0.553. The van der Waals surface area contributed by atoms with Crippen molar-refractivity contribution in [3.63, 3.8) is 0 Å². The Morgan fingerprint density at radius 3 is 2.56 bits per heavy atom. The fourth-order valence-corrected chi connectivity index (χ4v) is 3.51. The largest absolute Gasteiger partial charge is 0.416 e. The van der Waals surface area contributed by atoms with Crippen LogP contribution in [0.25, 0.3) is 5.69 Å². The molecule has 0 saturated carbocycles. The highest BCUT2D eigenvalue weighted by atomic mass is 19.4. The third-order valence-electron chi connectivity index (χ3n) is 5.34. The number of benzene rings is 1. The minimum Gasteiger partial charge on any atom is -0.346 e. The number of hydrogen-bond donors (Lipinski definition) is 1. The standard InChI is InChI=1S/C23H26F3N7O/c1-14(2)19-12-31(4)22(34)33(19)20-9-10-27-21(30-20)29-15(3)18-11-32(13-28-18)17-7-5-16(6-8-17)23(24,25)26/h5-11,13-15,19H,12H2,1-4H3,(H,27,29,30)/t15-,19+/m0/s1/i4D3,12D2. The lowest BCUT2D eigenvalue weighted by atomic mass is 10.0. The van der Waals surface area contributed by atoms with E-state index in [1.165, 1.54) is 30.7 Å². The molecule has 0 aliphatic carbocycles. The molecule has 11 heteroatoms. The first kappa shape index (κ1) is 17.8. The monoisotopic (exact) mass is 478 g/mol.